The van der Waals surface area contributed by atoms with Gasteiger partial charge in [0, 0.05) is 6.20 Å². The van der Waals surface area contributed by atoms with Crippen LogP contribution in [0.3, 0.4) is 0 Å². The third-order valence-corrected chi connectivity index (χ3v) is 5.11. The van der Waals surface area contributed by atoms with E-state index in [9.17, 15) is 4.79 Å². The molecule has 1 N–H and O–H groups in total. The van der Waals surface area contributed by atoms with Gasteiger partial charge in [-0.05, 0) is 38.0 Å². The molecule has 6 heteroatoms. The summed E-state index contributed by atoms with van der Waals surface area (Å²) >= 11 is 0. The van der Waals surface area contributed by atoms with Crippen LogP contribution in [0, 0.1) is 0 Å². The topological polar surface area (TPSA) is 67.4 Å². The normalized spacial score (nSPS) is 18.9. The van der Waals surface area contributed by atoms with Crippen LogP contribution in [0.15, 0.2) is 72.9 Å². The van der Waals surface area contributed by atoms with Crippen LogP contribution < -0.4 is 10.2 Å². The van der Waals surface area contributed by atoms with E-state index < -0.39 is 11.7 Å². The lowest BCUT2D eigenvalue weighted by Crippen LogP contribution is -2.34. The molecular weight excluding hydrogens is 364 g/mol. The van der Waals surface area contributed by atoms with E-state index in [1.165, 1.54) is 0 Å². The van der Waals surface area contributed by atoms with E-state index in [1.54, 1.807) is 17.2 Å². The first-order valence-corrected chi connectivity index (χ1v) is 9.67. The highest BCUT2D eigenvalue weighted by Gasteiger charge is 2.49. The van der Waals surface area contributed by atoms with Gasteiger partial charge < -0.3 is 10.1 Å². The monoisotopic (exact) mass is 388 g/mol. The molecular formula is C23H24N4O2. The Hall–Kier alpha value is -3.41. The summed E-state index contributed by atoms with van der Waals surface area (Å²) < 4.78 is 5.68. The van der Waals surface area contributed by atoms with E-state index in [2.05, 4.69) is 15.3 Å². The summed E-state index contributed by atoms with van der Waals surface area (Å²) in [4.78, 5) is 23.3. The van der Waals surface area contributed by atoms with Gasteiger partial charge in [0.25, 0.3) is 0 Å². The predicted molar refractivity (Wildman–Crippen MR) is 113 cm³/mol. The summed E-state index contributed by atoms with van der Waals surface area (Å²) in [6.07, 6.45) is 1.24. The Labute approximate surface area is 170 Å². The Bertz CT molecular complexity index is 992. The van der Waals surface area contributed by atoms with E-state index in [4.69, 9.17) is 4.74 Å². The zero-order valence-corrected chi connectivity index (χ0v) is 16.7. The van der Waals surface area contributed by atoms with Gasteiger partial charge in [0.15, 0.2) is 0 Å². The highest BCUT2D eigenvalue weighted by molar-refractivity contribution is 5.90. The van der Waals surface area contributed by atoms with E-state index in [-0.39, 0.29) is 12.1 Å². The lowest BCUT2D eigenvalue weighted by Gasteiger charge is -2.28. The minimum atomic E-state index is -0.686. The van der Waals surface area contributed by atoms with Gasteiger partial charge >= 0.3 is 6.09 Å². The van der Waals surface area contributed by atoms with Crippen molar-refractivity contribution >= 4 is 17.9 Å². The van der Waals surface area contributed by atoms with Crippen molar-refractivity contribution in [1.29, 1.82) is 0 Å². The molecule has 0 bridgehead atoms. The zero-order chi connectivity index (χ0) is 20.4. The number of hydrogen-bond donors (Lipinski definition) is 1. The Morgan fingerprint density at radius 2 is 1.69 bits per heavy atom. The second-order valence-corrected chi connectivity index (χ2v) is 7.67. The Kier molecular flexibility index (Phi) is 4.92. The van der Waals surface area contributed by atoms with Gasteiger partial charge in [0.1, 0.15) is 17.5 Å². The first kappa shape index (κ1) is 18.9. The van der Waals surface area contributed by atoms with Gasteiger partial charge in [0.05, 0.1) is 6.04 Å². The number of carbonyl (C=O) groups is 1. The molecule has 0 spiro atoms. The molecule has 1 fully saturated rings. The van der Waals surface area contributed by atoms with Crippen LogP contribution in [-0.4, -0.2) is 21.7 Å². The first-order chi connectivity index (χ1) is 14.0. The Morgan fingerprint density at radius 1 is 1.03 bits per heavy atom. The Balaban J connectivity index is 1.65. The van der Waals surface area contributed by atoms with Crippen LogP contribution in [0.1, 0.15) is 44.0 Å². The van der Waals surface area contributed by atoms with Crippen LogP contribution in [0.25, 0.3) is 0 Å². The molecule has 1 amide bonds. The van der Waals surface area contributed by atoms with Gasteiger partial charge in [-0.1, -0.05) is 60.7 Å². The molecule has 2 heterocycles. The van der Waals surface area contributed by atoms with E-state index in [0.717, 1.165) is 11.1 Å². The standard InChI is InChI=1S/C23H24N4O2/c1-16(17-10-6-4-7-11-17)25-21-24-15-14-19(26-21)27-20(18-12-8-5-9-13-18)23(2,3)29-22(27)28/h4-16,20H,1-3H3,(H,24,25,26)/t16-,20+/m1/s1. The molecule has 0 aliphatic carbocycles. The average Bonchev–Trinajstić information content (AvgIpc) is 2.97. The summed E-state index contributed by atoms with van der Waals surface area (Å²) in [7, 11) is 0. The molecule has 6 nitrogen and oxygen atoms in total. The quantitative estimate of drug-likeness (QED) is 0.656. The minimum Gasteiger partial charge on any atom is -0.440 e. The fourth-order valence-electron chi connectivity index (χ4n) is 3.73. The van der Waals surface area contributed by atoms with Crippen LogP contribution in [0.5, 0.6) is 0 Å². The molecule has 1 aliphatic heterocycles. The van der Waals surface area contributed by atoms with Crippen molar-refractivity contribution in [3.8, 4) is 0 Å². The molecule has 4 rings (SSSR count). The summed E-state index contributed by atoms with van der Waals surface area (Å²) in [6, 6.07) is 21.4. The number of nitrogens with zero attached hydrogens (tertiary/aromatic N) is 3. The van der Waals surface area contributed by atoms with Crippen LogP contribution in [0.4, 0.5) is 16.6 Å². The highest BCUT2D eigenvalue weighted by Crippen LogP contribution is 2.43. The first-order valence-electron chi connectivity index (χ1n) is 9.67. The van der Waals surface area contributed by atoms with E-state index in [1.807, 2.05) is 81.4 Å². The zero-order valence-electron chi connectivity index (χ0n) is 16.7. The predicted octanol–water partition coefficient (Wildman–Crippen LogP) is 5.13. The van der Waals surface area contributed by atoms with Crippen molar-refractivity contribution in [2.24, 2.45) is 0 Å². The molecule has 0 saturated carbocycles. The summed E-state index contributed by atoms with van der Waals surface area (Å²) in [5.41, 5.74) is 1.44. The molecule has 148 valence electrons. The summed E-state index contributed by atoms with van der Waals surface area (Å²) in [5, 5.41) is 3.31. The maximum absolute atomic E-state index is 12.8. The van der Waals surface area contributed by atoms with Crippen LogP contribution in [-0.2, 0) is 4.74 Å². The Morgan fingerprint density at radius 3 is 2.38 bits per heavy atom. The van der Waals surface area contributed by atoms with Crippen molar-refractivity contribution < 1.29 is 9.53 Å². The van der Waals surface area contributed by atoms with Crippen molar-refractivity contribution in [2.45, 2.75) is 38.5 Å². The highest BCUT2D eigenvalue weighted by atomic mass is 16.6. The number of hydrogen-bond acceptors (Lipinski definition) is 5. The average molecular weight is 388 g/mol. The molecule has 0 unspecified atom stereocenters. The number of ether oxygens (including phenoxy) is 1. The fraction of sp³-hybridized carbons (Fsp3) is 0.261. The third kappa shape index (κ3) is 3.78. The molecule has 1 saturated heterocycles. The van der Waals surface area contributed by atoms with E-state index >= 15 is 0 Å². The van der Waals surface area contributed by atoms with Crippen LogP contribution >= 0.6 is 0 Å². The minimum absolute atomic E-state index is 0.0262. The second-order valence-electron chi connectivity index (χ2n) is 7.67. The van der Waals surface area contributed by atoms with Crippen molar-refractivity contribution in [3.05, 3.63) is 84.1 Å². The SMILES string of the molecule is C[C@@H](Nc1nccc(N2C(=O)OC(C)(C)[C@@H]2c2ccccc2)n1)c1ccccc1. The van der Waals surface area contributed by atoms with Gasteiger partial charge in [-0.3, -0.25) is 0 Å². The number of rotatable bonds is 5. The van der Waals surface area contributed by atoms with Gasteiger partial charge in [-0.25, -0.2) is 14.7 Å². The largest absolute Gasteiger partial charge is 0.440 e. The van der Waals surface area contributed by atoms with Crippen molar-refractivity contribution in [3.63, 3.8) is 0 Å². The van der Waals surface area contributed by atoms with Gasteiger partial charge in [0.2, 0.25) is 5.95 Å². The fourth-order valence-corrected chi connectivity index (χ4v) is 3.73. The van der Waals surface area contributed by atoms with Crippen molar-refractivity contribution in [2.75, 3.05) is 10.2 Å². The third-order valence-electron chi connectivity index (χ3n) is 5.11. The van der Waals surface area contributed by atoms with Crippen LogP contribution in [0.2, 0.25) is 0 Å². The summed E-state index contributed by atoms with van der Waals surface area (Å²) in [5.74, 6) is 0.968. The van der Waals surface area contributed by atoms with Gasteiger partial charge in [-0.2, -0.15) is 4.98 Å². The molecule has 1 aromatic heterocycles. The maximum Gasteiger partial charge on any atom is 0.416 e. The number of benzene rings is 2. The molecule has 1 aliphatic rings. The maximum atomic E-state index is 12.8. The molecule has 29 heavy (non-hydrogen) atoms. The smallest absolute Gasteiger partial charge is 0.416 e. The number of carbonyl (C=O) groups excluding carboxylic acids is 1. The number of nitrogens with one attached hydrogen (secondary N) is 1. The lowest BCUT2D eigenvalue weighted by atomic mass is 9.91. The molecule has 2 aromatic carbocycles. The number of amides is 1. The molecule has 2 atom stereocenters. The molecule has 3 aromatic rings. The second kappa shape index (κ2) is 7.54. The summed E-state index contributed by atoms with van der Waals surface area (Å²) in [6.45, 7) is 5.88. The lowest BCUT2D eigenvalue weighted by molar-refractivity contribution is 0.0685. The number of anilines is 2. The van der Waals surface area contributed by atoms with Crippen molar-refractivity contribution in [1.82, 2.24) is 9.97 Å². The van der Waals surface area contributed by atoms with Gasteiger partial charge in [-0.15, -0.1) is 0 Å². The number of aromatic nitrogens is 2. The molecule has 0 radical (unpaired) electrons. The van der Waals surface area contributed by atoms with E-state index in [0.29, 0.717) is 11.8 Å². The number of cyclic esters (lactones) is 1.